The number of carbonyl (C=O) groups excluding carboxylic acids is 1. The predicted octanol–water partition coefficient (Wildman–Crippen LogP) is 2.48. The molecule has 0 saturated heterocycles. The fourth-order valence-corrected chi connectivity index (χ4v) is 3.54. The summed E-state index contributed by atoms with van der Waals surface area (Å²) in [6.07, 6.45) is 6.51. The van der Waals surface area contributed by atoms with Crippen LogP contribution in [-0.4, -0.2) is 38.9 Å². The molecule has 10 heteroatoms. The number of halogens is 1. The summed E-state index contributed by atoms with van der Waals surface area (Å²) in [6, 6.07) is 6.93. The minimum Gasteiger partial charge on any atom is -0.483 e. The summed E-state index contributed by atoms with van der Waals surface area (Å²) in [6.45, 7) is 0.302. The number of hydrogen-bond donors (Lipinski definition) is 1. The Morgan fingerprint density at radius 3 is 2.83 bits per heavy atom. The van der Waals surface area contributed by atoms with E-state index in [1.165, 1.54) is 24.7 Å². The number of carbonyl (C=O) groups is 1. The van der Waals surface area contributed by atoms with Gasteiger partial charge in [0.15, 0.2) is 27.7 Å². The van der Waals surface area contributed by atoms with Crippen molar-refractivity contribution in [1.29, 1.82) is 0 Å². The average Bonchev–Trinajstić information content (AvgIpc) is 3.19. The van der Waals surface area contributed by atoms with Crippen molar-refractivity contribution < 1.29 is 22.3 Å². The molecular formula is C19H15FN4O4S. The highest BCUT2D eigenvalue weighted by atomic mass is 32.2. The Balaban J connectivity index is 1.65. The van der Waals surface area contributed by atoms with Crippen molar-refractivity contribution in [2.24, 2.45) is 4.99 Å². The SMILES string of the molecule is CS(=O)(=O)c1ccc(NC2=C3OCC=C3N(c3ccnc(C=O)c3)C=N2)c(F)c1. The Kier molecular flexibility index (Phi) is 4.63. The smallest absolute Gasteiger partial charge is 0.186 e. The Hall–Kier alpha value is -3.53. The second-order valence-corrected chi connectivity index (χ2v) is 8.30. The van der Waals surface area contributed by atoms with Gasteiger partial charge in [-0.1, -0.05) is 0 Å². The summed E-state index contributed by atoms with van der Waals surface area (Å²) in [4.78, 5) is 20.9. The highest BCUT2D eigenvalue weighted by Crippen LogP contribution is 2.33. The third kappa shape index (κ3) is 3.61. The lowest BCUT2D eigenvalue weighted by Crippen LogP contribution is -2.26. The third-order valence-corrected chi connectivity index (χ3v) is 5.41. The lowest BCUT2D eigenvalue weighted by molar-refractivity contribution is 0.111. The molecule has 0 fully saturated rings. The van der Waals surface area contributed by atoms with Crippen molar-refractivity contribution in [2.45, 2.75) is 4.90 Å². The molecule has 0 spiro atoms. The van der Waals surface area contributed by atoms with Crippen molar-refractivity contribution in [3.63, 3.8) is 0 Å². The summed E-state index contributed by atoms with van der Waals surface area (Å²) in [5, 5.41) is 2.84. The van der Waals surface area contributed by atoms with Crippen LogP contribution >= 0.6 is 0 Å². The fourth-order valence-electron chi connectivity index (χ4n) is 2.91. The van der Waals surface area contributed by atoms with E-state index >= 15 is 0 Å². The van der Waals surface area contributed by atoms with Crippen molar-refractivity contribution in [1.82, 2.24) is 4.98 Å². The van der Waals surface area contributed by atoms with Gasteiger partial charge in [0.1, 0.15) is 24.5 Å². The fraction of sp³-hybridized carbons (Fsp3) is 0.105. The van der Waals surface area contributed by atoms with Gasteiger partial charge in [-0.3, -0.25) is 14.7 Å². The molecule has 29 heavy (non-hydrogen) atoms. The molecule has 0 unspecified atom stereocenters. The number of nitrogens with zero attached hydrogens (tertiary/aromatic N) is 3. The van der Waals surface area contributed by atoms with Gasteiger partial charge in [-0.15, -0.1) is 0 Å². The van der Waals surface area contributed by atoms with Gasteiger partial charge in [0.05, 0.1) is 22.0 Å². The van der Waals surface area contributed by atoms with Crippen molar-refractivity contribution in [3.05, 3.63) is 71.4 Å². The molecule has 148 valence electrons. The second kappa shape index (κ2) is 7.13. The molecule has 0 bridgehead atoms. The number of ether oxygens (including phenoxy) is 1. The maximum absolute atomic E-state index is 14.4. The van der Waals surface area contributed by atoms with Crippen LogP contribution in [0.15, 0.2) is 69.8 Å². The van der Waals surface area contributed by atoms with E-state index < -0.39 is 15.7 Å². The summed E-state index contributed by atoms with van der Waals surface area (Å²) in [7, 11) is -3.51. The van der Waals surface area contributed by atoms with E-state index in [0.29, 0.717) is 30.0 Å². The molecule has 8 nitrogen and oxygen atoms in total. The Morgan fingerprint density at radius 1 is 1.28 bits per heavy atom. The minimum absolute atomic E-state index is 0.0625. The average molecular weight is 414 g/mol. The molecule has 3 heterocycles. The van der Waals surface area contributed by atoms with E-state index in [1.54, 1.807) is 17.0 Å². The van der Waals surface area contributed by atoms with Crippen molar-refractivity contribution >= 4 is 33.8 Å². The third-order valence-electron chi connectivity index (χ3n) is 4.30. The topological polar surface area (TPSA) is 101 Å². The monoisotopic (exact) mass is 414 g/mol. The van der Waals surface area contributed by atoms with Gasteiger partial charge in [-0.25, -0.2) is 17.8 Å². The summed E-state index contributed by atoms with van der Waals surface area (Å²) in [5.74, 6) is -0.0452. The normalized spacial score (nSPS) is 15.7. The highest BCUT2D eigenvalue weighted by Gasteiger charge is 2.28. The predicted molar refractivity (Wildman–Crippen MR) is 105 cm³/mol. The van der Waals surface area contributed by atoms with Crippen LogP contribution in [0, 0.1) is 5.82 Å². The number of nitrogens with one attached hydrogen (secondary N) is 1. The number of benzene rings is 1. The van der Waals surface area contributed by atoms with E-state index in [4.69, 9.17) is 4.74 Å². The molecule has 0 radical (unpaired) electrons. The quantitative estimate of drug-likeness (QED) is 0.750. The first-order valence-corrected chi connectivity index (χ1v) is 10.3. The van der Waals surface area contributed by atoms with Gasteiger partial charge in [0, 0.05) is 12.5 Å². The summed E-state index contributed by atoms with van der Waals surface area (Å²) >= 11 is 0. The Morgan fingerprint density at radius 2 is 2.10 bits per heavy atom. The molecule has 0 atom stereocenters. The van der Waals surface area contributed by atoms with Crippen LogP contribution in [0.25, 0.3) is 0 Å². The summed E-state index contributed by atoms with van der Waals surface area (Å²) < 4.78 is 43.2. The lowest BCUT2D eigenvalue weighted by Gasteiger charge is -2.26. The zero-order chi connectivity index (χ0) is 20.6. The number of aliphatic imine (C=N–C) groups is 1. The number of fused-ring (bicyclic) bond motifs is 1. The molecule has 1 aromatic carbocycles. The van der Waals surface area contributed by atoms with E-state index in [-0.39, 0.29) is 22.1 Å². The van der Waals surface area contributed by atoms with Crippen LogP contribution in [0.3, 0.4) is 0 Å². The van der Waals surface area contributed by atoms with E-state index in [1.807, 2.05) is 6.08 Å². The number of hydrogen-bond acceptors (Lipinski definition) is 8. The highest BCUT2D eigenvalue weighted by molar-refractivity contribution is 7.90. The molecular weight excluding hydrogens is 399 g/mol. The molecule has 0 aliphatic carbocycles. The maximum atomic E-state index is 14.4. The Labute approximate surface area is 166 Å². The number of anilines is 2. The largest absolute Gasteiger partial charge is 0.483 e. The van der Waals surface area contributed by atoms with Crippen LogP contribution < -0.4 is 10.2 Å². The van der Waals surface area contributed by atoms with Gasteiger partial charge < -0.3 is 10.1 Å². The molecule has 0 saturated carbocycles. The molecule has 2 aliphatic rings. The van der Waals surface area contributed by atoms with Crippen LogP contribution in [0.1, 0.15) is 10.5 Å². The molecule has 1 N–H and O–H groups in total. The first kappa shape index (κ1) is 18.8. The van der Waals surface area contributed by atoms with Crippen molar-refractivity contribution in [2.75, 3.05) is 23.1 Å². The van der Waals surface area contributed by atoms with E-state index in [9.17, 15) is 17.6 Å². The molecule has 0 amide bonds. The van der Waals surface area contributed by atoms with E-state index in [0.717, 1.165) is 12.3 Å². The standard InChI is InChI=1S/C19H15FN4O4S/c1-29(26,27)14-2-3-16(15(20)9-14)23-19-18-17(5-7-28-18)24(11-22-19)13-4-6-21-12(8-13)10-25/h2-6,8-11,23H,7H2,1H3. The number of rotatable bonds is 5. The van der Waals surface area contributed by atoms with Crippen molar-refractivity contribution in [3.8, 4) is 0 Å². The van der Waals surface area contributed by atoms with Gasteiger partial charge in [-0.2, -0.15) is 0 Å². The number of aromatic nitrogens is 1. The summed E-state index contributed by atoms with van der Waals surface area (Å²) in [5.41, 5.74) is 1.69. The van der Waals surface area contributed by atoms with Crippen LogP contribution in [0.5, 0.6) is 0 Å². The van der Waals surface area contributed by atoms with Gasteiger partial charge in [0.25, 0.3) is 0 Å². The van der Waals surface area contributed by atoms with Gasteiger partial charge >= 0.3 is 0 Å². The molecule has 4 rings (SSSR count). The Bertz CT molecular complexity index is 1200. The molecule has 2 aromatic rings. The molecule has 2 aliphatic heterocycles. The maximum Gasteiger partial charge on any atom is 0.186 e. The van der Waals surface area contributed by atoms with Crippen LogP contribution in [-0.2, 0) is 14.6 Å². The van der Waals surface area contributed by atoms with E-state index in [2.05, 4.69) is 15.3 Å². The first-order valence-electron chi connectivity index (χ1n) is 8.46. The zero-order valence-electron chi connectivity index (χ0n) is 15.2. The van der Waals surface area contributed by atoms with Gasteiger partial charge in [-0.05, 0) is 36.4 Å². The number of aldehydes is 1. The second-order valence-electron chi connectivity index (χ2n) is 6.29. The number of sulfone groups is 1. The number of pyridine rings is 1. The lowest BCUT2D eigenvalue weighted by atomic mass is 10.2. The zero-order valence-corrected chi connectivity index (χ0v) is 16.0. The minimum atomic E-state index is -3.51. The van der Waals surface area contributed by atoms with Gasteiger partial charge in [0.2, 0.25) is 0 Å². The van der Waals surface area contributed by atoms with Crippen LogP contribution in [0.2, 0.25) is 0 Å². The first-order chi connectivity index (χ1) is 13.9. The molecule has 1 aromatic heterocycles. The van der Waals surface area contributed by atoms with Crippen LogP contribution in [0.4, 0.5) is 15.8 Å².